The van der Waals surface area contributed by atoms with Crippen LogP contribution < -0.4 is 4.90 Å². The number of anilines is 1. The molecule has 1 aliphatic heterocycles. The number of benzene rings is 2. The van der Waals surface area contributed by atoms with Crippen LogP contribution in [-0.4, -0.2) is 45.6 Å². The number of nitrogens with zero attached hydrogens (tertiary/aromatic N) is 4. The smallest absolute Gasteiger partial charge is 0.257 e. The Hall–Kier alpha value is -3.41. The van der Waals surface area contributed by atoms with E-state index in [1.54, 1.807) is 29.0 Å². The van der Waals surface area contributed by atoms with Gasteiger partial charge in [-0.25, -0.2) is 0 Å². The van der Waals surface area contributed by atoms with Crippen LogP contribution in [0.3, 0.4) is 0 Å². The van der Waals surface area contributed by atoms with Gasteiger partial charge >= 0.3 is 0 Å². The summed E-state index contributed by atoms with van der Waals surface area (Å²) in [6.45, 7) is 2.73. The van der Waals surface area contributed by atoms with Crippen LogP contribution in [0.15, 0.2) is 67.0 Å². The van der Waals surface area contributed by atoms with Gasteiger partial charge in [-0.15, -0.1) is 0 Å². The standard InChI is InChI=1S/C25H28N4O2/c1-3-4-12-23-17-28(22-13-8-11-20(14-22)19-9-6-5-7-10-19)24(30)18-29(23)25(31)21-15-26-27(2)16-21/h5-11,13-16,23H,3-4,12,17-18H2,1-2H3. The van der Waals surface area contributed by atoms with Gasteiger partial charge in [0.2, 0.25) is 5.91 Å². The van der Waals surface area contributed by atoms with Crippen LogP contribution >= 0.6 is 0 Å². The molecular weight excluding hydrogens is 388 g/mol. The van der Waals surface area contributed by atoms with Crippen LogP contribution in [0.2, 0.25) is 0 Å². The molecular formula is C25H28N4O2. The van der Waals surface area contributed by atoms with Crippen molar-refractivity contribution < 1.29 is 9.59 Å². The van der Waals surface area contributed by atoms with E-state index in [4.69, 9.17) is 0 Å². The van der Waals surface area contributed by atoms with Crippen molar-refractivity contribution in [3.63, 3.8) is 0 Å². The first-order chi connectivity index (χ1) is 15.1. The highest BCUT2D eigenvalue weighted by Crippen LogP contribution is 2.28. The van der Waals surface area contributed by atoms with Gasteiger partial charge in [0.1, 0.15) is 6.54 Å². The third-order valence-electron chi connectivity index (χ3n) is 5.81. The van der Waals surface area contributed by atoms with E-state index >= 15 is 0 Å². The molecule has 2 heterocycles. The Morgan fingerprint density at radius 2 is 1.87 bits per heavy atom. The van der Waals surface area contributed by atoms with E-state index in [-0.39, 0.29) is 24.4 Å². The molecule has 0 radical (unpaired) electrons. The van der Waals surface area contributed by atoms with Crippen molar-refractivity contribution in [1.29, 1.82) is 0 Å². The second-order valence-electron chi connectivity index (χ2n) is 8.05. The number of hydrogen-bond donors (Lipinski definition) is 0. The molecule has 0 saturated carbocycles. The minimum Gasteiger partial charge on any atom is -0.324 e. The molecule has 1 atom stereocenters. The Bertz CT molecular complexity index is 1060. The maximum atomic E-state index is 13.1. The molecule has 1 unspecified atom stereocenters. The SMILES string of the molecule is CCCCC1CN(c2cccc(-c3ccccc3)c2)C(=O)CN1C(=O)c1cnn(C)c1. The molecule has 0 aliphatic carbocycles. The van der Waals surface area contributed by atoms with Crippen LogP contribution in [-0.2, 0) is 11.8 Å². The fraction of sp³-hybridized carbons (Fsp3) is 0.320. The van der Waals surface area contributed by atoms with Gasteiger partial charge in [-0.1, -0.05) is 62.2 Å². The second-order valence-corrected chi connectivity index (χ2v) is 8.05. The molecule has 2 aromatic carbocycles. The van der Waals surface area contributed by atoms with Crippen molar-refractivity contribution in [3.8, 4) is 11.1 Å². The third kappa shape index (κ3) is 4.53. The van der Waals surface area contributed by atoms with Crippen LogP contribution in [0.1, 0.15) is 36.5 Å². The lowest BCUT2D eigenvalue weighted by Gasteiger charge is -2.41. The van der Waals surface area contributed by atoms with Gasteiger partial charge < -0.3 is 9.80 Å². The Morgan fingerprint density at radius 3 is 2.58 bits per heavy atom. The van der Waals surface area contributed by atoms with Gasteiger partial charge in [0.05, 0.1) is 17.8 Å². The number of carbonyl (C=O) groups is 2. The average Bonchev–Trinajstić information content (AvgIpc) is 3.24. The van der Waals surface area contributed by atoms with Crippen LogP contribution in [0.4, 0.5) is 5.69 Å². The molecule has 160 valence electrons. The molecule has 2 amide bonds. The average molecular weight is 417 g/mol. The van der Waals surface area contributed by atoms with E-state index in [0.717, 1.165) is 36.1 Å². The fourth-order valence-corrected chi connectivity index (χ4v) is 4.13. The maximum Gasteiger partial charge on any atom is 0.257 e. The van der Waals surface area contributed by atoms with Gasteiger partial charge in [0.25, 0.3) is 5.91 Å². The summed E-state index contributed by atoms with van der Waals surface area (Å²) in [5, 5.41) is 4.11. The highest BCUT2D eigenvalue weighted by atomic mass is 16.2. The second kappa shape index (κ2) is 9.16. The molecule has 0 spiro atoms. The maximum absolute atomic E-state index is 13.1. The van der Waals surface area contributed by atoms with E-state index in [9.17, 15) is 9.59 Å². The van der Waals surface area contributed by atoms with Crippen molar-refractivity contribution in [1.82, 2.24) is 14.7 Å². The molecule has 0 bridgehead atoms. The number of amides is 2. The lowest BCUT2D eigenvalue weighted by Crippen LogP contribution is -2.58. The molecule has 6 nitrogen and oxygen atoms in total. The molecule has 31 heavy (non-hydrogen) atoms. The summed E-state index contributed by atoms with van der Waals surface area (Å²) in [5.74, 6) is -0.185. The molecule has 1 aromatic heterocycles. The van der Waals surface area contributed by atoms with Crippen LogP contribution in [0, 0.1) is 0 Å². The van der Waals surface area contributed by atoms with Crippen LogP contribution in [0.5, 0.6) is 0 Å². The Kier molecular flexibility index (Phi) is 6.16. The monoisotopic (exact) mass is 416 g/mol. The largest absolute Gasteiger partial charge is 0.324 e. The van der Waals surface area contributed by atoms with E-state index in [1.807, 2.05) is 35.2 Å². The molecule has 4 rings (SSSR count). The lowest BCUT2D eigenvalue weighted by atomic mass is 10.0. The predicted molar refractivity (Wildman–Crippen MR) is 122 cm³/mol. The van der Waals surface area contributed by atoms with Gasteiger partial charge in [0.15, 0.2) is 0 Å². The Morgan fingerprint density at radius 1 is 1.10 bits per heavy atom. The first-order valence-corrected chi connectivity index (χ1v) is 10.8. The molecule has 1 fully saturated rings. The van der Waals surface area contributed by atoms with Gasteiger partial charge in [-0.05, 0) is 29.7 Å². The molecule has 6 heteroatoms. The summed E-state index contributed by atoms with van der Waals surface area (Å²) < 4.78 is 1.61. The zero-order chi connectivity index (χ0) is 21.8. The zero-order valence-electron chi connectivity index (χ0n) is 18.1. The highest BCUT2D eigenvalue weighted by molar-refractivity contribution is 6.02. The normalized spacial score (nSPS) is 16.6. The topological polar surface area (TPSA) is 58.4 Å². The third-order valence-corrected chi connectivity index (χ3v) is 5.81. The minimum atomic E-state index is -0.125. The summed E-state index contributed by atoms with van der Waals surface area (Å²) in [7, 11) is 1.79. The van der Waals surface area contributed by atoms with E-state index in [2.05, 4.69) is 36.3 Å². The van der Waals surface area contributed by atoms with E-state index < -0.39 is 0 Å². The Balaban J connectivity index is 1.60. The minimum absolute atomic E-state index is 0.0225. The van der Waals surface area contributed by atoms with Gasteiger partial charge in [0, 0.05) is 25.5 Å². The first kappa shape index (κ1) is 20.8. The number of aromatic nitrogens is 2. The number of aryl methyl sites for hydroxylation is 1. The van der Waals surface area contributed by atoms with Crippen LogP contribution in [0.25, 0.3) is 11.1 Å². The first-order valence-electron chi connectivity index (χ1n) is 10.8. The number of unbranched alkanes of at least 4 members (excludes halogenated alkanes) is 1. The summed E-state index contributed by atoms with van der Waals surface area (Å²) in [4.78, 5) is 29.8. The predicted octanol–water partition coefficient (Wildman–Crippen LogP) is 4.13. The lowest BCUT2D eigenvalue weighted by molar-refractivity contribution is -0.121. The van der Waals surface area contributed by atoms with Crippen molar-refractivity contribution in [2.24, 2.45) is 7.05 Å². The summed E-state index contributed by atoms with van der Waals surface area (Å²) in [6, 6.07) is 18.2. The van der Waals surface area contributed by atoms with Crippen molar-refractivity contribution >= 4 is 17.5 Å². The summed E-state index contributed by atoms with van der Waals surface area (Å²) >= 11 is 0. The van der Waals surface area contributed by atoms with Crippen molar-refractivity contribution in [2.75, 3.05) is 18.0 Å². The summed E-state index contributed by atoms with van der Waals surface area (Å²) in [6.07, 6.45) is 6.19. The van der Waals surface area contributed by atoms with Gasteiger partial charge in [-0.2, -0.15) is 5.10 Å². The number of rotatable bonds is 6. The van der Waals surface area contributed by atoms with E-state index in [1.165, 1.54) is 0 Å². The molecule has 3 aromatic rings. The number of hydrogen-bond acceptors (Lipinski definition) is 3. The van der Waals surface area contributed by atoms with Gasteiger partial charge in [-0.3, -0.25) is 14.3 Å². The highest BCUT2D eigenvalue weighted by Gasteiger charge is 2.36. The van der Waals surface area contributed by atoms with Crippen molar-refractivity contribution in [3.05, 3.63) is 72.6 Å². The Labute approximate surface area is 183 Å². The molecule has 1 aliphatic rings. The zero-order valence-corrected chi connectivity index (χ0v) is 18.1. The van der Waals surface area contributed by atoms with E-state index in [0.29, 0.717) is 12.1 Å². The number of piperazine rings is 1. The quantitative estimate of drug-likeness (QED) is 0.607. The fourth-order valence-electron chi connectivity index (χ4n) is 4.13. The van der Waals surface area contributed by atoms with Crippen molar-refractivity contribution in [2.45, 2.75) is 32.2 Å². The number of carbonyl (C=O) groups excluding carboxylic acids is 2. The molecule has 1 saturated heterocycles. The summed E-state index contributed by atoms with van der Waals surface area (Å²) in [5.41, 5.74) is 3.59. The molecule has 0 N–H and O–H groups in total.